The van der Waals surface area contributed by atoms with Crippen molar-refractivity contribution in [1.82, 2.24) is 16.0 Å². The van der Waals surface area contributed by atoms with Crippen molar-refractivity contribution in [2.45, 2.75) is 77.5 Å². The third kappa shape index (κ3) is 10.0. The van der Waals surface area contributed by atoms with Crippen LogP contribution in [0.3, 0.4) is 0 Å². The van der Waals surface area contributed by atoms with E-state index in [4.69, 9.17) is 10.8 Å². The van der Waals surface area contributed by atoms with E-state index in [1.165, 1.54) is 0 Å². The maximum absolute atomic E-state index is 13.1. The first-order chi connectivity index (χ1) is 16.9. The van der Waals surface area contributed by atoms with Crippen LogP contribution in [-0.2, 0) is 30.4 Å². The number of hydrogen-bond donors (Lipinski definition) is 6. The highest BCUT2D eigenvalue weighted by atomic mass is 16.4. The molecule has 0 saturated carbocycles. The Morgan fingerprint density at radius 2 is 1.44 bits per heavy atom. The lowest BCUT2D eigenvalue weighted by molar-refractivity contribution is -0.144. The molecule has 0 spiro atoms. The lowest BCUT2D eigenvalue weighted by atomic mass is 9.98. The van der Waals surface area contributed by atoms with E-state index < -0.39 is 66.2 Å². The Hall–Kier alpha value is -3.47. The van der Waals surface area contributed by atoms with E-state index in [0.717, 1.165) is 5.56 Å². The molecule has 0 bridgehead atoms. The van der Waals surface area contributed by atoms with Crippen LogP contribution in [0.4, 0.5) is 0 Å². The van der Waals surface area contributed by atoms with Crippen LogP contribution >= 0.6 is 0 Å². The monoisotopic (exact) mass is 506 g/mol. The highest BCUT2D eigenvalue weighted by Gasteiger charge is 2.33. The van der Waals surface area contributed by atoms with Crippen LogP contribution in [0, 0.1) is 11.8 Å². The van der Waals surface area contributed by atoms with Crippen molar-refractivity contribution in [2.24, 2.45) is 17.6 Å². The Labute approximate surface area is 211 Å². The fourth-order valence-corrected chi connectivity index (χ4v) is 3.49. The van der Waals surface area contributed by atoms with Crippen LogP contribution in [-0.4, -0.2) is 64.0 Å². The minimum absolute atomic E-state index is 0.258. The summed E-state index contributed by atoms with van der Waals surface area (Å²) in [6, 6.07) is 4.66. The van der Waals surface area contributed by atoms with E-state index in [1.807, 2.05) is 30.3 Å². The number of carboxylic acid groups (broad SMARTS) is 2. The van der Waals surface area contributed by atoms with E-state index in [9.17, 15) is 29.1 Å². The zero-order chi connectivity index (χ0) is 27.4. The summed E-state index contributed by atoms with van der Waals surface area (Å²) in [6.07, 6.45) is 0.0507. The number of carbonyl (C=O) groups excluding carboxylic acids is 3. The Balaban J connectivity index is 2.97. The number of carboxylic acids is 2. The number of nitrogens with one attached hydrogen (secondary N) is 3. The van der Waals surface area contributed by atoms with Gasteiger partial charge in [-0.1, -0.05) is 64.4 Å². The molecule has 200 valence electrons. The molecule has 0 aromatic heterocycles. The summed E-state index contributed by atoms with van der Waals surface area (Å²) in [5.41, 5.74) is 6.88. The van der Waals surface area contributed by atoms with Gasteiger partial charge in [0.2, 0.25) is 17.7 Å². The number of hydrogen-bond acceptors (Lipinski definition) is 6. The second-order valence-electron chi connectivity index (χ2n) is 9.23. The van der Waals surface area contributed by atoms with Gasteiger partial charge in [0.25, 0.3) is 0 Å². The fourth-order valence-electron chi connectivity index (χ4n) is 3.49. The third-order valence-corrected chi connectivity index (χ3v) is 5.94. The molecule has 3 amide bonds. The number of nitrogens with two attached hydrogens (primary N) is 1. The van der Waals surface area contributed by atoms with Gasteiger partial charge in [-0.25, -0.2) is 4.79 Å². The number of amides is 3. The minimum atomic E-state index is -1.31. The highest BCUT2D eigenvalue weighted by Crippen LogP contribution is 2.11. The van der Waals surface area contributed by atoms with Crippen molar-refractivity contribution >= 4 is 29.7 Å². The summed E-state index contributed by atoms with van der Waals surface area (Å²) >= 11 is 0. The molecule has 5 atom stereocenters. The average Bonchev–Trinajstić information content (AvgIpc) is 2.82. The molecule has 0 fully saturated rings. The van der Waals surface area contributed by atoms with Crippen molar-refractivity contribution in [3.8, 4) is 0 Å². The van der Waals surface area contributed by atoms with Gasteiger partial charge in [-0.15, -0.1) is 0 Å². The van der Waals surface area contributed by atoms with Crippen LogP contribution in [0.25, 0.3) is 0 Å². The van der Waals surface area contributed by atoms with Crippen molar-refractivity contribution < 1.29 is 34.2 Å². The van der Waals surface area contributed by atoms with Gasteiger partial charge in [0.15, 0.2) is 0 Å². The van der Waals surface area contributed by atoms with Gasteiger partial charge in [0, 0.05) is 6.42 Å². The Morgan fingerprint density at radius 1 is 0.861 bits per heavy atom. The second-order valence-corrected chi connectivity index (χ2v) is 9.23. The molecular weight excluding hydrogens is 468 g/mol. The molecule has 5 unspecified atom stereocenters. The quantitative estimate of drug-likeness (QED) is 0.200. The molecule has 0 aliphatic carbocycles. The predicted molar refractivity (Wildman–Crippen MR) is 133 cm³/mol. The molecule has 7 N–H and O–H groups in total. The summed E-state index contributed by atoms with van der Waals surface area (Å²) < 4.78 is 0. The summed E-state index contributed by atoms with van der Waals surface area (Å²) in [5, 5.41) is 26.0. The number of carbonyl (C=O) groups is 5. The molecule has 11 nitrogen and oxygen atoms in total. The molecular formula is C25H38N4O7. The first-order valence-electron chi connectivity index (χ1n) is 12.0. The van der Waals surface area contributed by atoms with Crippen LogP contribution in [0.5, 0.6) is 0 Å². The zero-order valence-corrected chi connectivity index (χ0v) is 21.2. The molecule has 0 aliphatic heterocycles. The lowest BCUT2D eigenvalue weighted by Crippen LogP contribution is -2.59. The first-order valence-corrected chi connectivity index (χ1v) is 12.0. The van der Waals surface area contributed by atoms with Crippen molar-refractivity contribution in [3.63, 3.8) is 0 Å². The summed E-state index contributed by atoms with van der Waals surface area (Å²) in [5.74, 6) is -5.26. The molecule has 36 heavy (non-hydrogen) atoms. The third-order valence-electron chi connectivity index (χ3n) is 5.94. The summed E-state index contributed by atoms with van der Waals surface area (Å²) in [7, 11) is 0. The minimum Gasteiger partial charge on any atom is -0.481 e. The molecule has 1 rings (SSSR count). The van der Waals surface area contributed by atoms with E-state index in [-0.39, 0.29) is 18.8 Å². The molecule has 0 saturated heterocycles. The average molecular weight is 507 g/mol. The van der Waals surface area contributed by atoms with Crippen LogP contribution < -0.4 is 21.7 Å². The summed E-state index contributed by atoms with van der Waals surface area (Å²) in [6.45, 7) is 6.83. The van der Waals surface area contributed by atoms with Gasteiger partial charge in [-0.2, -0.15) is 0 Å². The Morgan fingerprint density at radius 3 is 1.94 bits per heavy atom. The van der Waals surface area contributed by atoms with Crippen molar-refractivity contribution in [3.05, 3.63) is 35.9 Å². The Kier molecular flexibility index (Phi) is 12.6. The molecule has 0 heterocycles. The number of aliphatic carboxylic acids is 2. The van der Waals surface area contributed by atoms with Gasteiger partial charge in [-0.05, 0) is 30.2 Å². The smallest absolute Gasteiger partial charge is 0.326 e. The standard InChI is InChI=1S/C25H38N4O7/c1-5-15(4)21(25(35)36)29-23(33)18(11-12-19(30)31)27-24(34)20(14(2)3)28-22(32)17(26)13-16-9-7-6-8-10-16/h6-10,14-15,17-18,20-21H,5,11-13,26H2,1-4H3,(H,27,34)(H,28,32)(H,29,33)(H,30,31)(H,35,36). The number of benzene rings is 1. The lowest BCUT2D eigenvalue weighted by Gasteiger charge is -2.27. The predicted octanol–water partition coefficient (Wildman–Crippen LogP) is 0.662. The molecule has 11 heteroatoms. The maximum atomic E-state index is 13.1. The van der Waals surface area contributed by atoms with Crippen molar-refractivity contribution in [1.29, 1.82) is 0 Å². The normalized spacial score (nSPS) is 15.2. The maximum Gasteiger partial charge on any atom is 0.326 e. The van der Waals surface area contributed by atoms with E-state index in [0.29, 0.717) is 6.42 Å². The van der Waals surface area contributed by atoms with E-state index in [1.54, 1.807) is 27.7 Å². The van der Waals surface area contributed by atoms with Gasteiger partial charge in [0.1, 0.15) is 18.1 Å². The molecule has 1 aromatic rings. The zero-order valence-electron chi connectivity index (χ0n) is 21.2. The highest BCUT2D eigenvalue weighted by molar-refractivity contribution is 5.94. The molecule has 0 aliphatic rings. The molecule has 1 aromatic carbocycles. The van der Waals surface area contributed by atoms with Gasteiger partial charge in [0.05, 0.1) is 6.04 Å². The summed E-state index contributed by atoms with van der Waals surface area (Å²) in [4.78, 5) is 61.3. The fraction of sp³-hybridized carbons (Fsp3) is 0.560. The van der Waals surface area contributed by atoms with Crippen LogP contribution in [0.1, 0.15) is 52.5 Å². The van der Waals surface area contributed by atoms with E-state index in [2.05, 4.69) is 16.0 Å². The van der Waals surface area contributed by atoms with Gasteiger partial charge >= 0.3 is 11.9 Å². The Bertz CT molecular complexity index is 907. The van der Waals surface area contributed by atoms with Gasteiger partial charge < -0.3 is 31.9 Å². The second kappa shape index (κ2) is 14.8. The SMILES string of the molecule is CCC(C)C(NC(=O)C(CCC(=O)O)NC(=O)C(NC(=O)C(N)Cc1ccccc1)C(C)C)C(=O)O. The molecule has 0 radical (unpaired) electrons. The van der Waals surface area contributed by atoms with Crippen molar-refractivity contribution in [2.75, 3.05) is 0 Å². The van der Waals surface area contributed by atoms with Crippen LogP contribution in [0.15, 0.2) is 30.3 Å². The first kappa shape index (κ1) is 30.6. The number of rotatable bonds is 15. The topological polar surface area (TPSA) is 188 Å². The largest absolute Gasteiger partial charge is 0.481 e. The van der Waals surface area contributed by atoms with Gasteiger partial charge in [-0.3, -0.25) is 19.2 Å². The van der Waals surface area contributed by atoms with E-state index >= 15 is 0 Å². The van der Waals surface area contributed by atoms with Crippen LogP contribution in [0.2, 0.25) is 0 Å².